The Morgan fingerprint density at radius 1 is 1.42 bits per heavy atom. The van der Waals surface area contributed by atoms with E-state index in [4.69, 9.17) is 16.7 Å². The Kier molecular flexibility index (Phi) is 4.02. The van der Waals surface area contributed by atoms with Gasteiger partial charge in [-0.2, -0.15) is 0 Å². The van der Waals surface area contributed by atoms with Crippen LogP contribution in [0.1, 0.15) is 28.9 Å². The third-order valence-electron chi connectivity index (χ3n) is 2.77. The van der Waals surface area contributed by atoms with Gasteiger partial charge in [-0.05, 0) is 36.8 Å². The number of aromatic carboxylic acids is 1. The maximum atomic E-state index is 11.2. The molecule has 98 valence electrons. The van der Waals surface area contributed by atoms with Gasteiger partial charge in [-0.25, -0.2) is 4.79 Å². The molecule has 1 unspecified atom stereocenters. The van der Waals surface area contributed by atoms with Crippen LogP contribution in [-0.4, -0.2) is 16.1 Å². The number of anilines is 1. The van der Waals surface area contributed by atoms with Gasteiger partial charge >= 0.3 is 5.97 Å². The molecule has 0 aliphatic rings. The van der Waals surface area contributed by atoms with Gasteiger partial charge in [-0.15, -0.1) is 0 Å². The summed E-state index contributed by atoms with van der Waals surface area (Å²) in [5.74, 6) is -0.988. The topological polar surface area (TPSA) is 62.2 Å². The second-order valence-corrected chi connectivity index (χ2v) is 4.58. The van der Waals surface area contributed by atoms with Gasteiger partial charge in [-0.3, -0.25) is 4.98 Å². The van der Waals surface area contributed by atoms with Crippen molar-refractivity contribution in [3.8, 4) is 0 Å². The van der Waals surface area contributed by atoms with Crippen molar-refractivity contribution in [2.24, 2.45) is 0 Å². The lowest BCUT2D eigenvalue weighted by atomic mass is 10.1. The lowest BCUT2D eigenvalue weighted by molar-refractivity contribution is 0.0698. The summed E-state index contributed by atoms with van der Waals surface area (Å²) in [5.41, 5.74) is 1.66. The fourth-order valence-corrected chi connectivity index (χ4v) is 1.94. The molecule has 0 radical (unpaired) electrons. The minimum atomic E-state index is -0.988. The van der Waals surface area contributed by atoms with E-state index in [1.54, 1.807) is 24.5 Å². The Morgan fingerprint density at radius 3 is 2.84 bits per heavy atom. The highest BCUT2D eigenvalue weighted by Crippen LogP contribution is 2.25. The van der Waals surface area contributed by atoms with Gasteiger partial charge in [0.1, 0.15) is 0 Å². The zero-order chi connectivity index (χ0) is 13.8. The number of hydrogen-bond acceptors (Lipinski definition) is 3. The first-order chi connectivity index (χ1) is 9.08. The summed E-state index contributed by atoms with van der Waals surface area (Å²) in [6.07, 6.45) is 3.43. The smallest absolute Gasteiger partial charge is 0.337 e. The van der Waals surface area contributed by atoms with Gasteiger partial charge in [0.15, 0.2) is 0 Å². The number of hydrogen-bond donors (Lipinski definition) is 2. The van der Waals surface area contributed by atoms with E-state index in [2.05, 4.69) is 10.3 Å². The number of carboxylic acids is 1. The highest BCUT2D eigenvalue weighted by atomic mass is 35.5. The third kappa shape index (κ3) is 3.23. The average Bonchev–Trinajstić information content (AvgIpc) is 2.39. The Bertz CT molecular complexity index is 587. The molecule has 2 rings (SSSR count). The molecular formula is C14H13ClN2O2. The van der Waals surface area contributed by atoms with Crippen molar-refractivity contribution in [1.29, 1.82) is 0 Å². The molecule has 0 aliphatic heterocycles. The van der Waals surface area contributed by atoms with Crippen LogP contribution in [0.3, 0.4) is 0 Å². The molecular weight excluding hydrogens is 264 g/mol. The van der Waals surface area contributed by atoms with Gasteiger partial charge < -0.3 is 10.4 Å². The number of carbonyl (C=O) groups is 1. The normalized spacial score (nSPS) is 11.9. The van der Waals surface area contributed by atoms with Crippen molar-refractivity contribution in [3.05, 3.63) is 58.9 Å². The predicted octanol–water partition coefficient (Wildman–Crippen LogP) is 3.61. The van der Waals surface area contributed by atoms with Crippen molar-refractivity contribution in [3.63, 3.8) is 0 Å². The fraction of sp³-hybridized carbons (Fsp3) is 0.143. The molecule has 0 spiro atoms. The Hall–Kier alpha value is -2.07. The molecule has 1 heterocycles. The molecule has 2 N–H and O–H groups in total. The molecule has 2 aromatic rings. The van der Waals surface area contributed by atoms with Gasteiger partial charge in [0.25, 0.3) is 0 Å². The monoisotopic (exact) mass is 276 g/mol. The van der Waals surface area contributed by atoms with Crippen molar-refractivity contribution >= 4 is 23.3 Å². The largest absolute Gasteiger partial charge is 0.478 e. The van der Waals surface area contributed by atoms with E-state index in [0.717, 1.165) is 5.56 Å². The minimum absolute atomic E-state index is 0.0646. The van der Waals surface area contributed by atoms with Crippen LogP contribution in [0.15, 0.2) is 42.7 Å². The van der Waals surface area contributed by atoms with Crippen molar-refractivity contribution in [2.45, 2.75) is 13.0 Å². The summed E-state index contributed by atoms with van der Waals surface area (Å²) in [5, 5.41) is 12.8. The number of benzene rings is 1. The number of halogens is 1. The third-order valence-corrected chi connectivity index (χ3v) is 3.00. The summed E-state index contributed by atoms with van der Waals surface area (Å²) in [6.45, 7) is 1.93. The summed E-state index contributed by atoms with van der Waals surface area (Å²) in [7, 11) is 0. The van der Waals surface area contributed by atoms with Gasteiger partial charge in [-0.1, -0.05) is 17.7 Å². The molecule has 0 amide bonds. The van der Waals surface area contributed by atoms with E-state index in [9.17, 15) is 4.79 Å². The highest BCUT2D eigenvalue weighted by Gasteiger charge is 2.13. The Labute approximate surface area is 116 Å². The molecule has 0 fully saturated rings. The summed E-state index contributed by atoms with van der Waals surface area (Å²) in [6, 6.07) is 8.36. The first-order valence-corrected chi connectivity index (χ1v) is 6.15. The van der Waals surface area contributed by atoms with Crippen LogP contribution in [0.4, 0.5) is 5.69 Å². The second kappa shape index (κ2) is 5.71. The lowest BCUT2D eigenvalue weighted by Crippen LogP contribution is -2.10. The highest BCUT2D eigenvalue weighted by molar-refractivity contribution is 6.31. The summed E-state index contributed by atoms with van der Waals surface area (Å²) in [4.78, 5) is 15.2. The molecule has 1 atom stereocenters. The van der Waals surface area contributed by atoms with Gasteiger partial charge in [0.2, 0.25) is 0 Å². The molecule has 0 saturated heterocycles. The fourth-order valence-electron chi connectivity index (χ4n) is 1.77. The zero-order valence-electron chi connectivity index (χ0n) is 10.3. The van der Waals surface area contributed by atoms with E-state index in [1.165, 1.54) is 6.07 Å². The van der Waals surface area contributed by atoms with Crippen molar-refractivity contribution in [1.82, 2.24) is 4.98 Å². The van der Waals surface area contributed by atoms with Crippen molar-refractivity contribution < 1.29 is 9.90 Å². The second-order valence-electron chi connectivity index (χ2n) is 4.15. The SMILES string of the molecule is CC(Nc1cc(Cl)ccc1C(=O)O)c1cccnc1. The van der Waals surface area contributed by atoms with Crippen LogP contribution >= 0.6 is 11.6 Å². The lowest BCUT2D eigenvalue weighted by Gasteiger charge is -2.17. The minimum Gasteiger partial charge on any atom is -0.478 e. The molecule has 0 saturated carbocycles. The molecule has 5 heteroatoms. The first kappa shape index (κ1) is 13.4. The number of nitrogens with zero attached hydrogens (tertiary/aromatic N) is 1. The first-order valence-electron chi connectivity index (χ1n) is 5.77. The number of nitrogens with one attached hydrogen (secondary N) is 1. The van der Waals surface area contributed by atoms with Gasteiger partial charge in [0.05, 0.1) is 17.3 Å². The predicted molar refractivity (Wildman–Crippen MR) is 74.7 cm³/mol. The van der Waals surface area contributed by atoms with E-state index in [-0.39, 0.29) is 11.6 Å². The summed E-state index contributed by atoms with van der Waals surface area (Å²) < 4.78 is 0. The van der Waals surface area contributed by atoms with Crippen LogP contribution in [0, 0.1) is 0 Å². The van der Waals surface area contributed by atoms with Crippen LogP contribution < -0.4 is 5.32 Å². The van der Waals surface area contributed by atoms with Crippen LogP contribution in [-0.2, 0) is 0 Å². The van der Waals surface area contributed by atoms with Gasteiger partial charge in [0, 0.05) is 17.4 Å². The summed E-state index contributed by atoms with van der Waals surface area (Å²) >= 11 is 5.91. The number of pyridine rings is 1. The van der Waals surface area contributed by atoms with Crippen molar-refractivity contribution in [2.75, 3.05) is 5.32 Å². The van der Waals surface area contributed by atoms with E-state index in [1.807, 2.05) is 19.1 Å². The van der Waals surface area contributed by atoms with E-state index >= 15 is 0 Å². The molecule has 0 aliphatic carbocycles. The number of carboxylic acid groups (broad SMARTS) is 1. The molecule has 4 nitrogen and oxygen atoms in total. The maximum absolute atomic E-state index is 11.2. The Balaban J connectivity index is 2.28. The molecule has 0 bridgehead atoms. The molecule has 1 aromatic heterocycles. The van der Waals surface area contributed by atoms with Crippen LogP contribution in [0.2, 0.25) is 5.02 Å². The molecule has 1 aromatic carbocycles. The zero-order valence-corrected chi connectivity index (χ0v) is 11.1. The maximum Gasteiger partial charge on any atom is 0.337 e. The average molecular weight is 277 g/mol. The number of aromatic nitrogens is 1. The molecule has 19 heavy (non-hydrogen) atoms. The standard InChI is InChI=1S/C14H13ClN2O2/c1-9(10-3-2-6-16-8-10)17-13-7-11(15)4-5-12(13)14(18)19/h2-9,17H,1H3,(H,18,19). The van der Waals surface area contributed by atoms with Crippen LogP contribution in [0.5, 0.6) is 0 Å². The van der Waals surface area contributed by atoms with Crippen LogP contribution in [0.25, 0.3) is 0 Å². The number of rotatable bonds is 4. The quantitative estimate of drug-likeness (QED) is 0.895. The van der Waals surface area contributed by atoms with E-state index < -0.39 is 5.97 Å². The Morgan fingerprint density at radius 2 is 2.21 bits per heavy atom. The van der Waals surface area contributed by atoms with E-state index in [0.29, 0.717) is 10.7 Å².